The Balaban J connectivity index is 1.68. The molecule has 0 atom stereocenters. The summed E-state index contributed by atoms with van der Waals surface area (Å²) in [5.74, 6) is 0.310. The van der Waals surface area contributed by atoms with Gasteiger partial charge in [0, 0.05) is 10.5 Å². The molecule has 0 bridgehead atoms. The van der Waals surface area contributed by atoms with Crippen LogP contribution in [0.4, 0.5) is 11.5 Å². The molecule has 3 rings (SSSR count). The highest BCUT2D eigenvalue weighted by Gasteiger charge is 2.16. The van der Waals surface area contributed by atoms with Gasteiger partial charge in [-0.05, 0) is 49.2 Å². The van der Waals surface area contributed by atoms with Crippen LogP contribution in [0, 0.1) is 0 Å². The van der Waals surface area contributed by atoms with E-state index in [-0.39, 0.29) is 4.90 Å². The van der Waals surface area contributed by atoms with Gasteiger partial charge in [0.15, 0.2) is 0 Å². The van der Waals surface area contributed by atoms with Crippen LogP contribution in [0.2, 0.25) is 0 Å². The highest BCUT2D eigenvalue weighted by molar-refractivity contribution is 9.10. The molecule has 0 aliphatic heterocycles. The molecule has 1 aliphatic carbocycles. The zero-order chi connectivity index (χ0) is 16.3. The second kappa shape index (κ2) is 6.88. The molecule has 2 aromatic rings. The van der Waals surface area contributed by atoms with E-state index in [9.17, 15) is 8.42 Å². The number of aromatic nitrogens is 1. The number of nitrogens with zero attached hydrogens (tertiary/aromatic N) is 1. The van der Waals surface area contributed by atoms with Gasteiger partial charge in [0.1, 0.15) is 5.82 Å². The van der Waals surface area contributed by atoms with E-state index in [1.807, 2.05) is 6.07 Å². The Kier molecular flexibility index (Phi) is 4.87. The molecule has 23 heavy (non-hydrogen) atoms. The van der Waals surface area contributed by atoms with Crippen molar-refractivity contribution >= 4 is 37.5 Å². The molecule has 0 radical (unpaired) electrons. The third-order valence-corrected chi connectivity index (χ3v) is 5.75. The lowest BCUT2D eigenvalue weighted by Gasteiger charge is -2.13. The average molecular weight is 396 g/mol. The van der Waals surface area contributed by atoms with Gasteiger partial charge in [-0.25, -0.2) is 13.4 Å². The highest BCUT2D eigenvalue weighted by Crippen LogP contribution is 2.23. The van der Waals surface area contributed by atoms with Crippen molar-refractivity contribution in [3.05, 3.63) is 47.1 Å². The van der Waals surface area contributed by atoms with E-state index < -0.39 is 10.0 Å². The molecule has 0 spiro atoms. The summed E-state index contributed by atoms with van der Waals surface area (Å²) in [4.78, 5) is 4.39. The van der Waals surface area contributed by atoms with Crippen molar-refractivity contribution in [2.45, 2.75) is 36.6 Å². The minimum absolute atomic E-state index is 0.204. The summed E-state index contributed by atoms with van der Waals surface area (Å²) in [7, 11) is -3.62. The number of benzene rings is 1. The minimum atomic E-state index is -3.62. The summed E-state index contributed by atoms with van der Waals surface area (Å²) in [6.07, 6.45) is 6.54. The maximum atomic E-state index is 12.3. The summed E-state index contributed by atoms with van der Waals surface area (Å²) >= 11 is 3.29. The average Bonchev–Trinajstić information content (AvgIpc) is 3.02. The molecule has 7 heteroatoms. The summed E-state index contributed by atoms with van der Waals surface area (Å²) in [6.45, 7) is 0. The lowest BCUT2D eigenvalue weighted by Crippen LogP contribution is -2.16. The Morgan fingerprint density at radius 1 is 1.04 bits per heavy atom. The standard InChI is InChI=1S/C16H18BrN3O2S/c17-12-5-8-15(9-6-12)23(21,22)20-16-10-7-14(11-18-16)19-13-3-1-2-4-13/h5-11,13,19H,1-4H2,(H,18,20). The fourth-order valence-electron chi connectivity index (χ4n) is 2.66. The Morgan fingerprint density at radius 2 is 1.74 bits per heavy atom. The molecular formula is C16H18BrN3O2S. The first-order valence-electron chi connectivity index (χ1n) is 7.54. The fourth-order valence-corrected chi connectivity index (χ4v) is 3.93. The molecule has 1 aliphatic rings. The molecule has 2 N–H and O–H groups in total. The monoisotopic (exact) mass is 395 g/mol. The summed E-state index contributed by atoms with van der Waals surface area (Å²) < 4.78 is 27.9. The van der Waals surface area contributed by atoms with E-state index in [1.165, 1.54) is 25.7 Å². The van der Waals surface area contributed by atoms with E-state index in [4.69, 9.17) is 0 Å². The predicted molar refractivity (Wildman–Crippen MR) is 95.1 cm³/mol. The molecule has 1 heterocycles. The predicted octanol–water partition coefficient (Wildman–Crippen LogP) is 4.00. The van der Waals surface area contributed by atoms with E-state index in [1.54, 1.807) is 36.5 Å². The van der Waals surface area contributed by atoms with Gasteiger partial charge < -0.3 is 5.32 Å². The molecule has 0 unspecified atom stereocenters. The van der Waals surface area contributed by atoms with Gasteiger partial charge in [-0.15, -0.1) is 0 Å². The van der Waals surface area contributed by atoms with Gasteiger partial charge in [0.05, 0.1) is 16.8 Å². The van der Waals surface area contributed by atoms with Crippen LogP contribution in [0.1, 0.15) is 25.7 Å². The van der Waals surface area contributed by atoms with E-state index >= 15 is 0 Å². The lowest BCUT2D eigenvalue weighted by atomic mass is 10.2. The number of hydrogen-bond donors (Lipinski definition) is 2. The van der Waals surface area contributed by atoms with Crippen LogP contribution in [-0.2, 0) is 10.0 Å². The van der Waals surface area contributed by atoms with E-state index in [0.29, 0.717) is 11.9 Å². The van der Waals surface area contributed by atoms with E-state index in [2.05, 4.69) is 31.0 Å². The third kappa shape index (κ3) is 4.23. The van der Waals surface area contributed by atoms with Crippen LogP contribution in [0.25, 0.3) is 0 Å². The van der Waals surface area contributed by atoms with E-state index in [0.717, 1.165) is 10.2 Å². The topological polar surface area (TPSA) is 71.1 Å². The number of halogens is 1. The first-order chi connectivity index (χ1) is 11.0. The smallest absolute Gasteiger partial charge is 0.263 e. The second-order valence-electron chi connectivity index (χ2n) is 5.62. The molecule has 1 aromatic heterocycles. The highest BCUT2D eigenvalue weighted by atomic mass is 79.9. The summed E-state index contributed by atoms with van der Waals surface area (Å²) in [5.41, 5.74) is 0.920. The number of anilines is 2. The molecule has 5 nitrogen and oxygen atoms in total. The number of rotatable bonds is 5. The molecule has 1 aromatic carbocycles. The van der Waals surface area contributed by atoms with Crippen molar-refractivity contribution in [2.75, 3.05) is 10.0 Å². The van der Waals surface area contributed by atoms with Gasteiger partial charge >= 0.3 is 0 Å². The number of nitrogens with one attached hydrogen (secondary N) is 2. The maximum Gasteiger partial charge on any atom is 0.263 e. The van der Waals surface area contributed by atoms with Gasteiger partial charge in [-0.3, -0.25) is 4.72 Å². The zero-order valence-corrected chi connectivity index (χ0v) is 14.9. The Labute approximate surface area is 144 Å². The van der Waals surface area contributed by atoms with Gasteiger partial charge in [-0.1, -0.05) is 28.8 Å². The lowest BCUT2D eigenvalue weighted by molar-refractivity contribution is 0.601. The molecule has 1 fully saturated rings. The van der Waals surface area contributed by atoms with Crippen LogP contribution in [0.5, 0.6) is 0 Å². The van der Waals surface area contributed by atoms with Crippen molar-refractivity contribution in [3.63, 3.8) is 0 Å². The SMILES string of the molecule is O=S(=O)(Nc1ccc(NC2CCCC2)cn1)c1ccc(Br)cc1. The largest absolute Gasteiger partial charge is 0.381 e. The van der Waals surface area contributed by atoms with Gasteiger partial charge in [0.25, 0.3) is 10.0 Å². The van der Waals surface area contributed by atoms with Gasteiger partial charge in [0.2, 0.25) is 0 Å². The zero-order valence-electron chi connectivity index (χ0n) is 12.5. The number of sulfonamides is 1. The Morgan fingerprint density at radius 3 is 2.35 bits per heavy atom. The summed E-state index contributed by atoms with van der Waals surface area (Å²) in [5, 5.41) is 3.42. The number of hydrogen-bond acceptors (Lipinski definition) is 4. The van der Waals surface area contributed by atoms with Crippen molar-refractivity contribution in [1.82, 2.24) is 4.98 Å². The minimum Gasteiger partial charge on any atom is -0.381 e. The Bertz CT molecular complexity index is 755. The molecule has 0 amide bonds. The quantitative estimate of drug-likeness (QED) is 0.802. The Hall–Kier alpha value is -1.60. The number of pyridine rings is 1. The van der Waals surface area contributed by atoms with Crippen LogP contribution < -0.4 is 10.0 Å². The molecule has 122 valence electrons. The van der Waals surface area contributed by atoms with Crippen molar-refractivity contribution in [3.8, 4) is 0 Å². The summed E-state index contributed by atoms with van der Waals surface area (Å²) in [6, 6.07) is 10.5. The molecule has 1 saturated carbocycles. The first-order valence-corrected chi connectivity index (χ1v) is 9.81. The maximum absolute atomic E-state index is 12.3. The fraction of sp³-hybridized carbons (Fsp3) is 0.312. The molecule has 0 saturated heterocycles. The van der Waals surface area contributed by atoms with Crippen LogP contribution in [-0.4, -0.2) is 19.4 Å². The second-order valence-corrected chi connectivity index (χ2v) is 8.22. The molecular weight excluding hydrogens is 378 g/mol. The van der Waals surface area contributed by atoms with Gasteiger partial charge in [-0.2, -0.15) is 0 Å². The third-order valence-electron chi connectivity index (χ3n) is 3.85. The van der Waals surface area contributed by atoms with Crippen LogP contribution >= 0.6 is 15.9 Å². The van der Waals surface area contributed by atoms with Crippen LogP contribution in [0.15, 0.2) is 52.0 Å². The van der Waals surface area contributed by atoms with Crippen molar-refractivity contribution in [1.29, 1.82) is 0 Å². The van der Waals surface area contributed by atoms with Crippen molar-refractivity contribution in [2.24, 2.45) is 0 Å². The normalized spacial score (nSPS) is 15.5. The van der Waals surface area contributed by atoms with Crippen LogP contribution in [0.3, 0.4) is 0 Å². The van der Waals surface area contributed by atoms with Crippen molar-refractivity contribution < 1.29 is 8.42 Å². The first kappa shape index (κ1) is 16.3.